The molecule has 0 aliphatic heterocycles. The molecule has 4 rings (SSSR count). The van der Waals surface area contributed by atoms with Gasteiger partial charge in [0.25, 0.3) is 0 Å². The molecule has 2 aromatic heterocycles. The van der Waals surface area contributed by atoms with Gasteiger partial charge in [-0.25, -0.2) is 13.8 Å². The minimum atomic E-state index is -1.18. The molecule has 1 aliphatic carbocycles. The number of carbonyl (C=O) groups excluding carboxylic acids is 1. The first-order valence-electron chi connectivity index (χ1n) is 11.2. The molecule has 8 heteroatoms. The molecule has 0 spiro atoms. The number of nitrogens with zero attached hydrogens (tertiary/aromatic N) is 2. The van der Waals surface area contributed by atoms with E-state index in [0.717, 1.165) is 17.7 Å². The fraction of sp³-hybridized carbons (Fsp3) is 0.346. The van der Waals surface area contributed by atoms with Crippen LogP contribution in [-0.4, -0.2) is 37.7 Å². The molecule has 6 nitrogen and oxygen atoms in total. The van der Waals surface area contributed by atoms with Crippen LogP contribution in [-0.2, 0) is 6.42 Å². The lowest BCUT2D eigenvalue weighted by molar-refractivity contribution is -0.123. The number of hydrogen-bond acceptors (Lipinski definition) is 6. The molecule has 3 aromatic rings. The van der Waals surface area contributed by atoms with Crippen LogP contribution in [0.4, 0.5) is 14.5 Å². The van der Waals surface area contributed by atoms with Gasteiger partial charge in [-0.1, -0.05) is 13.0 Å². The van der Waals surface area contributed by atoms with E-state index in [1.807, 2.05) is 13.0 Å². The second kappa shape index (κ2) is 9.19. The Kier molecular flexibility index (Phi) is 6.47. The number of nitrogens with two attached hydrogens (primary N) is 1. The molecular weight excluding hydrogens is 440 g/mol. The second-order valence-electron chi connectivity index (χ2n) is 9.22. The number of aliphatic hydroxyl groups is 2. The monoisotopic (exact) mass is 467 g/mol. The number of carbonyl (C=O) groups is 1. The number of ketones is 1. The minimum absolute atomic E-state index is 0.0222. The third-order valence-electron chi connectivity index (χ3n) is 6.96. The molecule has 34 heavy (non-hydrogen) atoms. The zero-order valence-corrected chi connectivity index (χ0v) is 19.0. The lowest BCUT2D eigenvalue weighted by Gasteiger charge is -2.43. The van der Waals surface area contributed by atoms with Gasteiger partial charge in [-0.2, -0.15) is 0 Å². The van der Waals surface area contributed by atoms with Crippen LogP contribution >= 0.6 is 0 Å². The number of benzene rings is 1. The Hall–Kier alpha value is -3.23. The molecule has 1 aliphatic rings. The van der Waals surface area contributed by atoms with E-state index < -0.39 is 29.1 Å². The average molecular weight is 468 g/mol. The van der Waals surface area contributed by atoms with Crippen molar-refractivity contribution in [2.75, 3.05) is 5.73 Å². The van der Waals surface area contributed by atoms with Gasteiger partial charge in [-0.05, 0) is 73.1 Å². The first-order chi connectivity index (χ1) is 16.1. The fourth-order valence-corrected chi connectivity index (χ4v) is 4.67. The number of hydrogen-bond donors (Lipinski definition) is 3. The summed E-state index contributed by atoms with van der Waals surface area (Å²) in [4.78, 5) is 21.6. The van der Waals surface area contributed by atoms with Gasteiger partial charge >= 0.3 is 0 Å². The molecule has 0 bridgehead atoms. The largest absolute Gasteiger partial charge is 0.397 e. The van der Waals surface area contributed by atoms with Crippen LogP contribution in [0, 0.1) is 17.6 Å². The maximum atomic E-state index is 14.3. The molecule has 178 valence electrons. The highest BCUT2D eigenvalue weighted by Gasteiger charge is 2.43. The molecule has 0 unspecified atom stereocenters. The Bertz CT molecular complexity index is 1200. The van der Waals surface area contributed by atoms with Gasteiger partial charge in [0, 0.05) is 18.8 Å². The Morgan fingerprint density at radius 2 is 1.88 bits per heavy atom. The van der Waals surface area contributed by atoms with E-state index in [-0.39, 0.29) is 40.9 Å². The standard InChI is InChI=1S/C26H27F2N3O3/c1-14-10-15(12-23(33)26(14,2)34)17-8-9-30-13-16(17)11-22(32)25-20(29)6-7-21(31-25)24-18(27)4-3-5-19(24)28/h3-9,13-15,23,33-34H,10-12,29H2,1-2H3/t14-,15+,23+,26+/m0/s1. The average Bonchev–Trinajstić information content (AvgIpc) is 2.78. The number of halogens is 2. The van der Waals surface area contributed by atoms with Crippen molar-refractivity contribution < 1.29 is 23.8 Å². The van der Waals surface area contributed by atoms with Gasteiger partial charge in [0.05, 0.1) is 28.6 Å². The van der Waals surface area contributed by atoms with Gasteiger partial charge in [-0.15, -0.1) is 0 Å². The van der Waals surface area contributed by atoms with Crippen molar-refractivity contribution in [2.24, 2.45) is 5.92 Å². The summed E-state index contributed by atoms with van der Waals surface area (Å²) in [7, 11) is 0. The SMILES string of the molecule is C[C@H]1C[C@@H](c2ccncc2CC(=O)c2nc(-c3c(F)cccc3F)ccc2N)C[C@@H](O)[C@]1(C)O. The normalized spacial score (nSPS) is 24.7. The Morgan fingerprint density at radius 1 is 1.18 bits per heavy atom. The summed E-state index contributed by atoms with van der Waals surface area (Å²) < 4.78 is 28.5. The molecule has 0 radical (unpaired) electrons. The van der Waals surface area contributed by atoms with Crippen molar-refractivity contribution in [1.29, 1.82) is 0 Å². The van der Waals surface area contributed by atoms with Crippen LogP contribution in [0.15, 0.2) is 48.8 Å². The third kappa shape index (κ3) is 4.43. The third-order valence-corrected chi connectivity index (χ3v) is 6.96. The van der Waals surface area contributed by atoms with Gasteiger partial charge in [0.15, 0.2) is 5.78 Å². The number of aliphatic hydroxyl groups excluding tert-OH is 1. The summed E-state index contributed by atoms with van der Waals surface area (Å²) in [5, 5.41) is 21.0. The van der Waals surface area contributed by atoms with Gasteiger partial charge in [0.2, 0.25) is 0 Å². The smallest absolute Gasteiger partial charge is 0.187 e. The lowest BCUT2D eigenvalue weighted by atomic mass is 9.68. The number of anilines is 1. The van der Waals surface area contributed by atoms with E-state index in [4.69, 9.17) is 5.73 Å². The maximum Gasteiger partial charge on any atom is 0.187 e. The Balaban J connectivity index is 1.64. The number of nitrogen functional groups attached to an aromatic ring is 1. The van der Waals surface area contributed by atoms with Crippen molar-refractivity contribution in [2.45, 2.75) is 50.7 Å². The predicted molar refractivity (Wildman–Crippen MR) is 124 cm³/mol. The molecule has 4 N–H and O–H groups in total. The van der Waals surface area contributed by atoms with Crippen LogP contribution in [0.3, 0.4) is 0 Å². The zero-order chi connectivity index (χ0) is 24.6. The Labute approximate surface area is 196 Å². The topological polar surface area (TPSA) is 109 Å². The second-order valence-corrected chi connectivity index (χ2v) is 9.22. The van der Waals surface area contributed by atoms with Crippen LogP contribution in [0.25, 0.3) is 11.3 Å². The highest BCUT2D eigenvalue weighted by molar-refractivity contribution is 6.00. The van der Waals surface area contributed by atoms with Crippen molar-refractivity contribution in [3.8, 4) is 11.3 Å². The van der Waals surface area contributed by atoms with Gasteiger partial charge < -0.3 is 15.9 Å². The van der Waals surface area contributed by atoms with Crippen LogP contribution < -0.4 is 5.73 Å². The fourth-order valence-electron chi connectivity index (χ4n) is 4.67. The Morgan fingerprint density at radius 3 is 2.56 bits per heavy atom. The van der Waals surface area contributed by atoms with E-state index in [1.165, 1.54) is 18.2 Å². The lowest BCUT2D eigenvalue weighted by Crippen LogP contribution is -2.49. The van der Waals surface area contributed by atoms with E-state index >= 15 is 0 Å². The first kappa shape index (κ1) is 23.9. The quantitative estimate of drug-likeness (QED) is 0.489. The molecule has 0 saturated heterocycles. The summed E-state index contributed by atoms with van der Waals surface area (Å²) in [5.41, 5.74) is 6.02. The van der Waals surface area contributed by atoms with Gasteiger partial charge in [0.1, 0.15) is 17.3 Å². The number of Topliss-reactive ketones (excluding diaryl/α,β-unsaturated/α-hetero) is 1. The molecule has 0 amide bonds. The van der Waals surface area contributed by atoms with Crippen LogP contribution in [0.5, 0.6) is 0 Å². The summed E-state index contributed by atoms with van der Waals surface area (Å²) in [6.07, 6.45) is 3.24. The predicted octanol–water partition coefficient (Wildman–Crippen LogP) is 4.05. The zero-order valence-electron chi connectivity index (χ0n) is 19.0. The minimum Gasteiger partial charge on any atom is -0.397 e. The molecule has 4 atom stereocenters. The van der Waals surface area contributed by atoms with Crippen LogP contribution in [0.2, 0.25) is 0 Å². The van der Waals surface area contributed by atoms with Gasteiger partial charge in [-0.3, -0.25) is 9.78 Å². The highest BCUT2D eigenvalue weighted by Crippen LogP contribution is 2.42. The van der Waals surface area contributed by atoms with E-state index in [1.54, 1.807) is 19.3 Å². The highest BCUT2D eigenvalue weighted by atomic mass is 19.1. The summed E-state index contributed by atoms with van der Waals surface area (Å²) in [6, 6.07) is 8.10. The number of pyridine rings is 2. The molecule has 2 heterocycles. The van der Waals surface area contributed by atoms with Crippen LogP contribution in [0.1, 0.15) is 54.2 Å². The van der Waals surface area contributed by atoms with E-state index in [0.29, 0.717) is 18.4 Å². The van der Waals surface area contributed by atoms with Crippen molar-refractivity contribution in [3.05, 3.63) is 77.2 Å². The number of rotatable bonds is 5. The summed E-state index contributed by atoms with van der Waals surface area (Å²) in [6.45, 7) is 3.52. The summed E-state index contributed by atoms with van der Waals surface area (Å²) >= 11 is 0. The summed E-state index contributed by atoms with van der Waals surface area (Å²) in [5.74, 6) is -2.21. The molecular formula is C26H27F2N3O3. The molecule has 1 saturated carbocycles. The van der Waals surface area contributed by atoms with E-state index in [2.05, 4.69) is 9.97 Å². The van der Waals surface area contributed by atoms with E-state index in [9.17, 15) is 23.8 Å². The first-order valence-corrected chi connectivity index (χ1v) is 11.2. The van der Waals surface area contributed by atoms with Crippen molar-refractivity contribution in [1.82, 2.24) is 9.97 Å². The van der Waals surface area contributed by atoms with Crippen molar-refractivity contribution in [3.63, 3.8) is 0 Å². The number of aromatic nitrogens is 2. The molecule has 1 aromatic carbocycles. The van der Waals surface area contributed by atoms with Crippen molar-refractivity contribution >= 4 is 11.5 Å². The maximum absolute atomic E-state index is 14.3. The molecule has 1 fully saturated rings.